The first-order chi connectivity index (χ1) is 31.7. The molecular formula is C60H70N4. The SMILES string of the molecule is CCCCCCc1c2nc(c(CCCCCC)c3[nH]c(c(CCCCCC)c4nc(c(CCCCCC)c5[nH]c1c1ccccc51)-c1ccccc1-4)c1ccccc31)-c1ccccc1-2. The molecule has 0 fully saturated rings. The largest absolute Gasteiger partial charge is 0.354 e. The van der Waals surface area contributed by atoms with Crippen molar-refractivity contribution in [2.75, 3.05) is 0 Å². The molecule has 0 saturated carbocycles. The van der Waals surface area contributed by atoms with Crippen molar-refractivity contribution in [3.05, 3.63) is 119 Å². The third-order valence-corrected chi connectivity index (χ3v) is 14.2. The molecule has 0 saturated heterocycles. The average Bonchev–Trinajstić information content (AvgIpc) is 4.11. The number of fused-ring (bicyclic) bond motifs is 20. The number of unbranched alkanes of at least 4 members (excludes halogenated alkanes) is 12. The van der Waals surface area contributed by atoms with Crippen LogP contribution in [0.5, 0.6) is 0 Å². The van der Waals surface area contributed by atoms with Crippen molar-refractivity contribution in [1.29, 1.82) is 0 Å². The molecule has 5 heterocycles. The van der Waals surface area contributed by atoms with Crippen molar-refractivity contribution in [2.45, 2.75) is 156 Å². The van der Waals surface area contributed by atoms with Gasteiger partial charge in [0.2, 0.25) is 0 Å². The minimum Gasteiger partial charge on any atom is -0.354 e. The zero-order chi connectivity index (χ0) is 43.8. The van der Waals surface area contributed by atoms with E-state index in [1.165, 1.54) is 165 Å². The van der Waals surface area contributed by atoms with Crippen LogP contribution in [-0.2, 0) is 25.7 Å². The van der Waals surface area contributed by atoms with Crippen LogP contribution in [0.3, 0.4) is 0 Å². The van der Waals surface area contributed by atoms with Gasteiger partial charge in [-0.3, -0.25) is 0 Å². The van der Waals surface area contributed by atoms with E-state index in [0.717, 1.165) is 74.1 Å². The van der Waals surface area contributed by atoms with Crippen molar-refractivity contribution in [3.8, 4) is 45.0 Å². The van der Waals surface area contributed by atoms with Gasteiger partial charge in [0.25, 0.3) is 0 Å². The minimum atomic E-state index is 0.968. The van der Waals surface area contributed by atoms with Crippen molar-refractivity contribution in [2.24, 2.45) is 0 Å². The van der Waals surface area contributed by atoms with E-state index < -0.39 is 0 Å². The number of hydrogen-bond donors (Lipinski definition) is 2. The number of nitrogens with zero attached hydrogens (tertiary/aromatic N) is 2. The van der Waals surface area contributed by atoms with Gasteiger partial charge >= 0.3 is 0 Å². The highest BCUT2D eigenvalue weighted by molar-refractivity contribution is 6.13. The van der Waals surface area contributed by atoms with Gasteiger partial charge in [0.15, 0.2) is 0 Å². The summed E-state index contributed by atoms with van der Waals surface area (Å²) in [6, 6.07) is 36.6. The Morgan fingerprint density at radius 1 is 0.297 bits per heavy atom. The molecular weight excluding hydrogens is 777 g/mol. The first kappa shape index (κ1) is 43.8. The van der Waals surface area contributed by atoms with Crippen LogP contribution in [0.25, 0.3) is 88.6 Å². The van der Waals surface area contributed by atoms with Crippen LogP contribution in [-0.4, -0.2) is 19.9 Å². The molecule has 2 aliphatic rings. The summed E-state index contributed by atoms with van der Waals surface area (Å²) in [6.45, 7) is 9.25. The monoisotopic (exact) mass is 847 g/mol. The molecule has 2 aliphatic heterocycles. The molecule has 0 amide bonds. The maximum absolute atomic E-state index is 5.95. The topological polar surface area (TPSA) is 57.4 Å². The van der Waals surface area contributed by atoms with E-state index in [1.807, 2.05) is 0 Å². The highest BCUT2D eigenvalue weighted by Crippen LogP contribution is 2.46. The van der Waals surface area contributed by atoms with E-state index in [9.17, 15) is 0 Å². The number of benzene rings is 4. The standard InChI is InChI=1S/C60H70N4/c1-5-9-13-17-37-49-53-41-29-21-23-31-43(41)55(61-53)50(38-18-14-10-6-2)57-45-33-25-27-35-47(45)59(63-57)52(40-20-16-12-8-4)60-48-36-28-26-34-46(48)58(64-60)51(39-19-15-11-7-3)56-44-32-24-22-30-42(44)54(49)62-56/h21-36,61,64H,5-20,37-40H2,1-4H3. The fourth-order valence-electron chi connectivity index (χ4n) is 10.8. The van der Waals surface area contributed by atoms with E-state index in [1.54, 1.807) is 0 Å². The van der Waals surface area contributed by atoms with Gasteiger partial charge < -0.3 is 9.97 Å². The molecule has 3 aromatic heterocycles. The summed E-state index contributed by atoms with van der Waals surface area (Å²) in [4.78, 5) is 20.4. The number of nitrogens with one attached hydrogen (secondary N) is 2. The zero-order valence-electron chi connectivity index (χ0n) is 39.3. The molecule has 0 atom stereocenters. The van der Waals surface area contributed by atoms with Crippen LogP contribution in [0.4, 0.5) is 0 Å². The molecule has 0 spiro atoms. The van der Waals surface area contributed by atoms with Crippen molar-refractivity contribution < 1.29 is 0 Å². The molecule has 0 unspecified atom stereocenters. The molecule has 9 rings (SSSR count). The van der Waals surface area contributed by atoms with Crippen molar-refractivity contribution in [3.63, 3.8) is 0 Å². The molecule has 64 heavy (non-hydrogen) atoms. The van der Waals surface area contributed by atoms with E-state index in [2.05, 4.69) is 135 Å². The molecule has 330 valence electrons. The van der Waals surface area contributed by atoms with Crippen LogP contribution in [0.1, 0.15) is 153 Å². The molecule has 4 heteroatoms. The summed E-state index contributed by atoms with van der Waals surface area (Å²) in [5.74, 6) is 0. The van der Waals surface area contributed by atoms with Gasteiger partial charge in [0, 0.05) is 66.1 Å². The molecule has 2 N–H and O–H groups in total. The molecule has 4 nitrogen and oxygen atoms in total. The van der Waals surface area contributed by atoms with E-state index in [0.29, 0.717) is 0 Å². The normalized spacial score (nSPS) is 12.1. The number of aromatic amines is 2. The number of aryl methyl sites for hydroxylation is 4. The van der Waals surface area contributed by atoms with Crippen LogP contribution < -0.4 is 0 Å². The maximum atomic E-state index is 5.95. The van der Waals surface area contributed by atoms with Crippen LogP contribution >= 0.6 is 0 Å². The third kappa shape index (κ3) is 8.58. The quantitative estimate of drug-likeness (QED) is 0.0751. The number of hydrogen-bond acceptors (Lipinski definition) is 2. The Labute approximate surface area is 382 Å². The Balaban J connectivity index is 1.51. The lowest BCUT2D eigenvalue weighted by molar-refractivity contribution is 0.667. The lowest BCUT2D eigenvalue weighted by Crippen LogP contribution is -1.94. The lowest BCUT2D eigenvalue weighted by Gasteiger charge is -2.08. The van der Waals surface area contributed by atoms with Crippen molar-refractivity contribution in [1.82, 2.24) is 19.9 Å². The highest BCUT2D eigenvalue weighted by Gasteiger charge is 2.28. The Morgan fingerprint density at radius 2 is 0.531 bits per heavy atom. The van der Waals surface area contributed by atoms with E-state index in [4.69, 9.17) is 9.97 Å². The Morgan fingerprint density at radius 3 is 0.766 bits per heavy atom. The van der Waals surface area contributed by atoms with E-state index in [-0.39, 0.29) is 0 Å². The van der Waals surface area contributed by atoms with Crippen LogP contribution in [0.2, 0.25) is 0 Å². The maximum Gasteiger partial charge on any atom is 0.0769 e. The summed E-state index contributed by atoms with van der Waals surface area (Å²) in [5.41, 5.74) is 19.9. The number of H-pyrrole nitrogens is 2. The molecule has 7 aromatic rings. The minimum absolute atomic E-state index is 0.968. The molecule has 8 bridgehead atoms. The number of rotatable bonds is 20. The van der Waals surface area contributed by atoms with Gasteiger partial charge in [-0.2, -0.15) is 0 Å². The fourth-order valence-corrected chi connectivity index (χ4v) is 10.8. The predicted molar refractivity (Wildman–Crippen MR) is 276 cm³/mol. The lowest BCUT2D eigenvalue weighted by atomic mass is 9.94. The summed E-state index contributed by atoms with van der Waals surface area (Å²) in [7, 11) is 0. The predicted octanol–water partition coefficient (Wildman–Crippen LogP) is 17.8. The summed E-state index contributed by atoms with van der Waals surface area (Å²) < 4.78 is 0. The van der Waals surface area contributed by atoms with Gasteiger partial charge in [-0.15, -0.1) is 0 Å². The second-order valence-electron chi connectivity index (χ2n) is 18.7. The summed E-state index contributed by atoms with van der Waals surface area (Å²) in [6.07, 6.45) is 23.1. The van der Waals surface area contributed by atoms with E-state index >= 15 is 0 Å². The van der Waals surface area contributed by atoms with Gasteiger partial charge in [0.05, 0.1) is 44.8 Å². The van der Waals surface area contributed by atoms with Gasteiger partial charge in [-0.25, -0.2) is 9.97 Å². The third-order valence-electron chi connectivity index (χ3n) is 14.2. The Bertz CT molecular complexity index is 2520. The average molecular weight is 847 g/mol. The van der Waals surface area contributed by atoms with Gasteiger partial charge in [-0.05, 0) is 51.4 Å². The highest BCUT2D eigenvalue weighted by atomic mass is 14.8. The van der Waals surface area contributed by atoms with Crippen LogP contribution in [0.15, 0.2) is 97.1 Å². The fraction of sp³-hybridized carbons (Fsp3) is 0.400. The first-order valence-corrected chi connectivity index (χ1v) is 25.4. The van der Waals surface area contributed by atoms with Gasteiger partial charge in [0.1, 0.15) is 0 Å². The zero-order valence-corrected chi connectivity index (χ0v) is 39.3. The Kier molecular flexibility index (Phi) is 14.1. The summed E-state index contributed by atoms with van der Waals surface area (Å²) >= 11 is 0. The Hall–Kier alpha value is -5.48. The van der Waals surface area contributed by atoms with Crippen molar-refractivity contribution >= 4 is 43.6 Å². The second-order valence-corrected chi connectivity index (χ2v) is 18.7. The van der Waals surface area contributed by atoms with Gasteiger partial charge in [-0.1, -0.05) is 202 Å². The molecule has 0 aliphatic carbocycles. The van der Waals surface area contributed by atoms with Crippen LogP contribution in [0, 0.1) is 0 Å². The smallest absolute Gasteiger partial charge is 0.0769 e. The summed E-state index contributed by atoms with van der Waals surface area (Å²) in [5, 5.41) is 5.15. The first-order valence-electron chi connectivity index (χ1n) is 25.4. The molecule has 4 aromatic carbocycles. The number of aromatic nitrogens is 4. The second kappa shape index (κ2) is 20.6. The molecule has 0 radical (unpaired) electrons.